The molecule has 16 heteroatoms. The second-order valence-corrected chi connectivity index (χ2v) is 13.0. The van der Waals surface area contributed by atoms with Crippen LogP contribution in [-0.2, 0) is 11.1 Å². The van der Waals surface area contributed by atoms with Gasteiger partial charge in [0.05, 0.1) is 35.0 Å². The number of aldehydes is 4. The van der Waals surface area contributed by atoms with Gasteiger partial charge in [0.25, 0.3) is 0 Å². The SMILES string of the molecule is COc1cc(C=O)ccc1OP(OCc1ccccc1OP(Oc1ccc(C=O)cc1OC)Oc1ccc(C=O)cc1OC)Oc1ccc(C=O)cc1OC. The minimum absolute atomic E-state index is 0.136. The summed E-state index contributed by atoms with van der Waals surface area (Å²) in [7, 11) is 1.08. The average molecular weight is 789 g/mol. The zero-order valence-electron chi connectivity index (χ0n) is 29.9. The fourth-order valence-corrected chi connectivity index (χ4v) is 6.78. The number of hydrogen-bond donors (Lipinski definition) is 0. The third-order valence-corrected chi connectivity index (χ3v) is 9.53. The monoisotopic (exact) mass is 788 g/mol. The zero-order chi connectivity index (χ0) is 39.2. The van der Waals surface area contributed by atoms with Crippen molar-refractivity contribution in [2.75, 3.05) is 28.4 Å². The summed E-state index contributed by atoms with van der Waals surface area (Å²) >= 11 is 0. The van der Waals surface area contributed by atoms with Gasteiger partial charge in [0.1, 0.15) is 30.9 Å². The molecule has 284 valence electrons. The maximum absolute atomic E-state index is 11.4. The number of para-hydroxylation sites is 1. The molecule has 0 fully saturated rings. The smallest absolute Gasteiger partial charge is 0.493 e. The van der Waals surface area contributed by atoms with E-state index < -0.39 is 17.2 Å². The largest absolute Gasteiger partial charge is 0.530 e. The second-order valence-electron chi connectivity index (χ2n) is 10.9. The van der Waals surface area contributed by atoms with E-state index in [1.165, 1.54) is 52.7 Å². The molecule has 0 aromatic heterocycles. The number of hydrogen-bond acceptors (Lipinski definition) is 14. The van der Waals surface area contributed by atoms with E-state index in [-0.39, 0.29) is 58.4 Å². The van der Waals surface area contributed by atoms with Crippen LogP contribution in [0.5, 0.6) is 51.7 Å². The van der Waals surface area contributed by atoms with E-state index in [0.29, 0.717) is 53.0 Å². The summed E-state index contributed by atoms with van der Waals surface area (Å²) in [6, 6.07) is 25.3. The predicted molar refractivity (Wildman–Crippen MR) is 202 cm³/mol. The van der Waals surface area contributed by atoms with Gasteiger partial charge in [0, 0.05) is 27.8 Å². The van der Waals surface area contributed by atoms with E-state index in [2.05, 4.69) is 0 Å². The number of methoxy groups -OCH3 is 4. The highest BCUT2D eigenvalue weighted by atomic mass is 31.2. The van der Waals surface area contributed by atoms with E-state index >= 15 is 0 Å². The lowest BCUT2D eigenvalue weighted by molar-refractivity contribution is 0.111. The molecule has 0 radical (unpaired) electrons. The number of carbonyl (C=O) groups is 4. The van der Waals surface area contributed by atoms with Gasteiger partial charge >= 0.3 is 17.2 Å². The van der Waals surface area contributed by atoms with Gasteiger partial charge in [-0.1, -0.05) is 18.2 Å². The van der Waals surface area contributed by atoms with E-state index in [9.17, 15) is 19.2 Å². The second kappa shape index (κ2) is 19.8. The molecule has 0 spiro atoms. The molecule has 55 heavy (non-hydrogen) atoms. The van der Waals surface area contributed by atoms with Crippen LogP contribution < -0.4 is 41.6 Å². The molecule has 0 heterocycles. The van der Waals surface area contributed by atoms with Crippen molar-refractivity contribution in [3.63, 3.8) is 0 Å². The number of rotatable bonds is 21. The maximum Gasteiger partial charge on any atom is 0.530 e. The molecule has 0 bridgehead atoms. The number of carbonyl (C=O) groups excluding carboxylic acids is 4. The molecule has 5 rings (SSSR count). The molecule has 0 aliphatic carbocycles. The molecular formula is C39H34O14P2. The summed E-state index contributed by atoms with van der Waals surface area (Å²) in [5.74, 6) is 2.17. The van der Waals surface area contributed by atoms with E-state index in [0.717, 1.165) is 0 Å². The molecule has 0 atom stereocenters. The third kappa shape index (κ3) is 10.5. The van der Waals surface area contributed by atoms with Gasteiger partial charge in [-0.25, -0.2) is 0 Å². The number of benzene rings is 5. The van der Waals surface area contributed by atoms with Crippen molar-refractivity contribution < 1.29 is 65.3 Å². The molecule has 5 aromatic rings. The predicted octanol–water partition coefficient (Wildman–Crippen LogP) is 8.64. The summed E-state index contributed by atoms with van der Waals surface area (Å²) in [5, 5.41) is 0. The minimum Gasteiger partial charge on any atom is -0.493 e. The van der Waals surface area contributed by atoms with Gasteiger partial charge in [-0.3, -0.25) is 23.7 Å². The maximum atomic E-state index is 11.4. The zero-order valence-corrected chi connectivity index (χ0v) is 31.7. The molecule has 0 amide bonds. The first-order chi connectivity index (χ1) is 26.8. The Hall–Kier alpha value is -6.20. The summed E-state index contributed by atoms with van der Waals surface area (Å²) in [5.41, 5.74) is 1.96. The van der Waals surface area contributed by atoms with Crippen molar-refractivity contribution in [3.8, 4) is 51.7 Å². The van der Waals surface area contributed by atoms with E-state index in [1.54, 1.807) is 72.8 Å². The van der Waals surface area contributed by atoms with Gasteiger partial charge < -0.3 is 41.6 Å². The topological polar surface area (TPSA) is 161 Å². The van der Waals surface area contributed by atoms with Crippen LogP contribution in [0.3, 0.4) is 0 Å². The molecule has 0 unspecified atom stereocenters. The summed E-state index contributed by atoms with van der Waals surface area (Å²) < 4.78 is 59.2. The van der Waals surface area contributed by atoms with Crippen molar-refractivity contribution in [2.45, 2.75) is 6.61 Å². The van der Waals surface area contributed by atoms with Crippen LogP contribution in [0.15, 0.2) is 97.1 Å². The van der Waals surface area contributed by atoms with Gasteiger partial charge in [0.2, 0.25) is 0 Å². The Morgan fingerprint density at radius 3 is 1.07 bits per heavy atom. The quantitative estimate of drug-likeness (QED) is 0.0513. The van der Waals surface area contributed by atoms with Crippen LogP contribution in [-0.4, -0.2) is 53.6 Å². The lowest BCUT2D eigenvalue weighted by Crippen LogP contribution is -2.07. The molecule has 0 saturated heterocycles. The highest BCUT2D eigenvalue weighted by molar-refractivity contribution is 7.43. The van der Waals surface area contributed by atoms with Gasteiger partial charge in [-0.2, -0.15) is 0 Å². The van der Waals surface area contributed by atoms with Crippen LogP contribution in [0.25, 0.3) is 0 Å². The molecule has 0 aliphatic rings. The summed E-state index contributed by atoms with van der Waals surface area (Å²) in [6.45, 7) is -0.136. The lowest BCUT2D eigenvalue weighted by atomic mass is 10.2. The summed E-state index contributed by atoms with van der Waals surface area (Å²) in [6.07, 6.45) is 2.69. The van der Waals surface area contributed by atoms with Crippen molar-refractivity contribution in [2.24, 2.45) is 0 Å². The first-order valence-electron chi connectivity index (χ1n) is 16.1. The lowest BCUT2D eigenvalue weighted by Gasteiger charge is -2.22. The molecule has 0 aliphatic heterocycles. The fraction of sp³-hybridized carbons (Fsp3) is 0.128. The third-order valence-electron chi connectivity index (χ3n) is 7.46. The highest BCUT2D eigenvalue weighted by Gasteiger charge is 2.27. The Kier molecular flexibility index (Phi) is 14.4. The van der Waals surface area contributed by atoms with Crippen LogP contribution in [0, 0.1) is 0 Å². The molecule has 0 saturated carbocycles. The Labute approximate surface area is 318 Å². The van der Waals surface area contributed by atoms with Gasteiger partial charge in [-0.05, 0) is 78.9 Å². The van der Waals surface area contributed by atoms with Crippen molar-refractivity contribution in [3.05, 3.63) is 125 Å². The summed E-state index contributed by atoms with van der Waals surface area (Å²) in [4.78, 5) is 45.7. The molecule has 5 aromatic carbocycles. The standard InChI is InChI=1S/C39H34O14P2/c1-44-36-17-26(21-40)9-13-32(36)50-54(51-33-14-10-27(22-41)18-37(33)45-2)48-25-30-7-5-6-8-31(30)49-55(52-34-15-11-28(23-42)19-38(34)46-3)53-35-16-12-29(24-43)20-39(35)47-4/h5-24H,25H2,1-4H3. The van der Waals surface area contributed by atoms with Crippen molar-refractivity contribution in [1.29, 1.82) is 0 Å². The Morgan fingerprint density at radius 1 is 0.400 bits per heavy atom. The first-order valence-corrected chi connectivity index (χ1v) is 18.3. The van der Waals surface area contributed by atoms with Gasteiger partial charge in [-0.15, -0.1) is 0 Å². The van der Waals surface area contributed by atoms with Gasteiger partial charge in [0.15, 0.2) is 46.0 Å². The van der Waals surface area contributed by atoms with Crippen LogP contribution in [0.1, 0.15) is 47.0 Å². The Balaban J connectivity index is 1.46. The minimum atomic E-state index is -2.35. The van der Waals surface area contributed by atoms with Crippen LogP contribution in [0.2, 0.25) is 0 Å². The van der Waals surface area contributed by atoms with Crippen molar-refractivity contribution >= 4 is 42.3 Å². The number of ether oxygens (including phenoxy) is 4. The van der Waals surface area contributed by atoms with E-state index in [1.807, 2.05) is 0 Å². The highest BCUT2D eigenvalue weighted by Crippen LogP contribution is 2.50. The normalized spacial score (nSPS) is 10.6. The van der Waals surface area contributed by atoms with E-state index in [4.69, 9.17) is 46.1 Å². The first kappa shape index (κ1) is 40.0. The Morgan fingerprint density at radius 2 is 0.727 bits per heavy atom. The van der Waals surface area contributed by atoms with Crippen LogP contribution >= 0.6 is 17.2 Å². The Bertz CT molecular complexity index is 2000. The van der Waals surface area contributed by atoms with Crippen LogP contribution in [0.4, 0.5) is 0 Å². The average Bonchev–Trinajstić information content (AvgIpc) is 3.23. The molecule has 0 N–H and O–H groups in total. The van der Waals surface area contributed by atoms with Crippen molar-refractivity contribution in [1.82, 2.24) is 0 Å². The molecule has 14 nitrogen and oxygen atoms in total. The fourth-order valence-electron chi connectivity index (χ4n) is 4.69. The molecular weight excluding hydrogens is 754 g/mol.